The highest BCUT2D eigenvalue weighted by Crippen LogP contribution is 2.33. The number of halogens is 2. The Labute approximate surface area is 229 Å². The van der Waals surface area contributed by atoms with Gasteiger partial charge in [-0.1, -0.05) is 65.7 Å². The summed E-state index contributed by atoms with van der Waals surface area (Å²) in [7, 11) is 0. The Bertz CT molecular complexity index is 1580. The Kier molecular flexibility index (Phi) is 7.01. The van der Waals surface area contributed by atoms with Crippen LogP contribution in [0.4, 0.5) is 11.4 Å². The van der Waals surface area contributed by atoms with Crippen LogP contribution < -0.4 is 15.0 Å². The van der Waals surface area contributed by atoms with E-state index in [1.807, 2.05) is 42.5 Å². The molecule has 188 valence electrons. The number of anilines is 2. The number of rotatable bonds is 6. The number of carbonyl (C=O) groups is 3. The number of esters is 1. The summed E-state index contributed by atoms with van der Waals surface area (Å²) in [6.07, 6.45) is 0. The minimum absolute atomic E-state index is 0.0557. The van der Waals surface area contributed by atoms with Gasteiger partial charge < -0.3 is 10.1 Å². The first-order valence-corrected chi connectivity index (χ1v) is 12.4. The molecule has 1 heterocycles. The van der Waals surface area contributed by atoms with E-state index in [-0.39, 0.29) is 10.7 Å². The van der Waals surface area contributed by atoms with E-state index >= 15 is 0 Å². The number of imide groups is 1. The molecule has 0 fully saturated rings. The van der Waals surface area contributed by atoms with Crippen LogP contribution >= 0.6 is 23.2 Å². The number of benzene rings is 4. The summed E-state index contributed by atoms with van der Waals surface area (Å²) in [6.45, 7) is 1.75. The molecule has 4 aromatic rings. The number of carbonyl (C=O) groups excluding carboxylic acids is 3. The Morgan fingerprint density at radius 1 is 0.789 bits per heavy atom. The highest BCUT2D eigenvalue weighted by Gasteiger charge is 2.39. The molecule has 0 spiro atoms. The predicted molar refractivity (Wildman–Crippen MR) is 148 cm³/mol. The van der Waals surface area contributed by atoms with E-state index in [0.717, 1.165) is 16.0 Å². The van der Waals surface area contributed by atoms with Gasteiger partial charge in [-0.15, -0.1) is 0 Å². The molecular weight excluding hydrogens is 523 g/mol. The van der Waals surface area contributed by atoms with Gasteiger partial charge in [-0.2, -0.15) is 0 Å². The van der Waals surface area contributed by atoms with Crippen molar-refractivity contribution in [1.82, 2.24) is 0 Å². The second-order valence-corrected chi connectivity index (χ2v) is 9.36. The Hall–Kier alpha value is -4.39. The summed E-state index contributed by atoms with van der Waals surface area (Å²) in [5.74, 6) is -1.34. The highest BCUT2D eigenvalue weighted by molar-refractivity contribution is 6.53. The van der Waals surface area contributed by atoms with E-state index in [2.05, 4.69) is 5.32 Å². The van der Waals surface area contributed by atoms with Crippen molar-refractivity contribution in [3.8, 4) is 16.9 Å². The lowest BCUT2D eigenvalue weighted by Crippen LogP contribution is -2.32. The van der Waals surface area contributed by atoms with Gasteiger partial charge in [0.1, 0.15) is 16.5 Å². The minimum atomic E-state index is -0.636. The Balaban J connectivity index is 1.26. The molecule has 4 aromatic carbocycles. The molecule has 1 aliphatic rings. The maximum absolute atomic E-state index is 13.1. The van der Waals surface area contributed by atoms with Crippen LogP contribution in [0.1, 0.15) is 15.9 Å². The normalized spacial score (nSPS) is 13.2. The standard InChI is InChI=1S/C30H20Cl2N2O4/c1-18-17-22(31)11-16-25(18)34-28(35)26(32)27(29(34)36)33-23-12-7-21(8-13-23)30(37)38-24-14-9-20(10-15-24)19-5-3-2-4-6-19/h2-17,33H,1H3. The van der Waals surface area contributed by atoms with Crippen molar-refractivity contribution in [2.75, 3.05) is 10.2 Å². The van der Waals surface area contributed by atoms with Gasteiger partial charge in [0.25, 0.3) is 11.8 Å². The smallest absolute Gasteiger partial charge is 0.343 e. The van der Waals surface area contributed by atoms with Crippen LogP contribution in [0.5, 0.6) is 5.75 Å². The monoisotopic (exact) mass is 542 g/mol. The number of ether oxygens (including phenoxy) is 1. The SMILES string of the molecule is Cc1cc(Cl)ccc1N1C(=O)C(Cl)=C(Nc2ccc(C(=O)Oc3ccc(-c4ccccc4)cc3)cc2)C1=O. The van der Waals surface area contributed by atoms with Crippen LogP contribution in [0.15, 0.2) is 108 Å². The summed E-state index contributed by atoms with van der Waals surface area (Å²) < 4.78 is 5.49. The maximum Gasteiger partial charge on any atom is 0.343 e. The molecule has 8 heteroatoms. The second-order valence-electron chi connectivity index (χ2n) is 8.55. The van der Waals surface area contributed by atoms with Gasteiger partial charge in [0.2, 0.25) is 0 Å². The van der Waals surface area contributed by atoms with Gasteiger partial charge in [-0.25, -0.2) is 9.69 Å². The molecule has 0 unspecified atom stereocenters. The largest absolute Gasteiger partial charge is 0.423 e. The van der Waals surface area contributed by atoms with Gasteiger partial charge in [-0.05, 0) is 78.2 Å². The summed E-state index contributed by atoms with van der Waals surface area (Å²) in [6, 6.07) is 28.3. The van der Waals surface area contributed by atoms with Crippen molar-refractivity contribution in [3.05, 3.63) is 124 Å². The molecule has 38 heavy (non-hydrogen) atoms. The third kappa shape index (κ3) is 5.05. The Morgan fingerprint density at radius 2 is 1.45 bits per heavy atom. The number of hydrogen-bond acceptors (Lipinski definition) is 5. The van der Waals surface area contributed by atoms with Crippen molar-refractivity contribution in [1.29, 1.82) is 0 Å². The third-order valence-electron chi connectivity index (χ3n) is 5.99. The van der Waals surface area contributed by atoms with E-state index in [1.165, 1.54) is 0 Å². The zero-order valence-electron chi connectivity index (χ0n) is 20.1. The molecule has 0 aliphatic carbocycles. The van der Waals surface area contributed by atoms with Crippen LogP contribution in [0.3, 0.4) is 0 Å². The van der Waals surface area contributed by atoms with Crippen molar-refractivity contribution in [2.45, 2.75) is 6.92 Å². The van der Waals surface area contributed by atoms with Crippen molar-refractivity contribution in [2.24, 2.45) is 0 Å². The van der Waals surface area contributed by atoms with Crippen LogP contribution in [0.2, 0.25) is 5.02 Å². The van der Waals surface area contributed by atoms with Crippen molar-refractivity contribution >= 4 is 52.4 Å². The van der Waals surface area contributed by atoms with Crippen molar-refractivity contribution < 1.29 is 19.1 Å². The van der Waals surface area contributed by atoms with Crippen molar-refractivity contribution in [3.63, 3.8) is 0 Å². The average molecular weight is 543 g/mol. The lowest BCUT2D eigenvalue weighted by Gasteiger charge is -2.17. The Morgan fingerprint density at radius 3 is 2.11 bits per heavy atom. The van der Waals surface area contributed by atoms with Crippen LogP contribution in [-0.2, 0) is 9.59 Å². The minimum Gasteiger partial charge on any atom is -0.423 e. The fraction of sp³-hybridized carbons (Fsp3) is 0.0333. The molecule has 0 saturated carbocycles. The van der Waals surface area contributed by atoms with E-state index in [9.17, 15) is 14.4 Å². The summed E-state index contributed by atoms with van der Waals surface area (Å²) in [5.41, 5.74) is 3.86. The zero-order chi connectivity index (χ0) is 26.8. The topological polar surface area (TPSA) is 75.7 Å². The van der Waals surface area contributed by atoms with Crippen LogP contribution in [-0.4, -0.2) is 17.8 Å². The van der Waals surface area contributed by atoms with Gasteiger partial charge in [0, 0.05) is 10.7 Å². The lowest BCUT2D eigenvalue weighted by atomic mass is 10.1. The molecule has 0 aromatic heterocycles. The molecule has 0 atom stereocenters. The first-order chi connectivity index (χ1) is 18.3. The van der Waals surface area contributed by atoms with Crippen LogP contribution in [0, 0.1) is 6.92 Å². The molecular formula is C30H20Cl2N2O4. The predicted octanol–water partition coefficient (Wildman–Crippen LogP) is 6.97. The van der Waals surface area contributed by atoms with E-state index in [1.54, 1.807) is 61.5 Å². The van der Waals surface area contributed by atoms with E-state index < -0.39 is 17.8 Å². The van der Waals surface area contributed by atoms with Gasteiger partial charge in [-0.3, -0.25) is 9.59 Å². The molecule has 0 bridgehead atoms. The highest BCUT2D eigenvalue weighted by atomic mass is 35.5. The molecule has 6 nitrogen and oxygen atoms in total. The van der Waals surface area contributed by atoms with Gasteiger partial charge >= 0.3 is 5.97 Å². The number of aryl methyl sites for hydroxylation is 1. The molecule has 5 rings (SSSR count). The van der Waals surface area contributed by atoms with Gasteiger partial charge in [0.05, 0.1) is 11.3 Å². The van der Waals surface area contributed by atoms with Gasteiger partial charge in [0.15, 0.2) is 0 Å². The first kappa shape index (κ1) is 25.3. The molecule has 0 radical (unpaired) electrons. The number of amides is 2. The third-order valence-corrected chi connectivity index (χ3v) is 6.57. The number of nitrogens with one attached hydrogen (secondary N) is 1. The van der Waals surface area contributed by atoms with E-state index in [4.69, 9.17) is 27.9 Å². The molecule has 2 amide bonds. The summed E-state index contributed by atoms with van der Waals surface area (Å²) in [5, 5.41) is 3.16. The maximum atomic E-state index is 13.1. The number of hydrogen-bond donors (Lipinski definition) is 1. The second kappa shape index (κ2) is 10.5. The molecule has 0 saturated heterocycles. The zero-order valence-corrected chi connectivity index (χ0v) is 21.6. The lowest BCUT2D eigenvalue weighted by molar-refractivity contribution is -0.120. The fourth-order valence-corrected chi connectivity index (χ4v) is 4.49. The average Bonchev–Trinajstić information content (AvgIpc) is 3.13. The summed E-state index contributed by atoms with van der Waals surface area (Å²) in [4.78, 5) is 39.5. The molecule has 1 N–H and O–H groups in total. The van der Waals surface area contributed by atoms with E-state index in [0.29, 0.717) is 33.3 Å². The fourth-order valence-electron chi connectivity index (χ4n) is 4.05. The van der Waals surface area contributed by atoms with Crippen LogP contribution in [0.25, 0.3) is 11.1 Å². The molecule has 1 aliphatic heterocycles. The first-order valence-electron chi connectivity index (χ1n) is 11.6. The number of nitrogens with zero attached hydrogens (tertiary/aromatic N) is 1. The summed E-state index contributed by atoms with van der Waals surface area (Å²) >= 11 is 12.2. The quantitative estimate of drug-likeness (QED) is 0.162.